The Bertz CT molecular complexity index is 1330. The molecule has 0 bridgehead atoms. The number of carbonyl (C=O) groups is 2. The van der Waals surface area contributed by atoms with Gasteiger partial charge in [-0.3, -0.25) is 10.2 Å². The fraction of sp³-hybridized carbons (Fsp3) is 0.179. The predicted octanol–water partition coefficient (Wildman–Crippen LogP) is 5.06. The summed E-state index contributed by atoms with van der Waals surface area (Å²) in [6.45, 7) is 1.80. The van der Waals surface area contributed by atoms with Crippen molar-refractivity contribution in [1.29, 1.82) is 0 Å². The van der Waals surface area contributed by atoms with E-state index in [1.807, 2.05) is 31.3 Å². The Morgan fingerprint density at radius 3 is 2.44 bits per heavy atom. The van der Waals surface area contributed by atoms with Gasteiger partial charge in [0.2, 0.25) is 0 Å². The van der Waals surface area contributed by atoms with E-state index in [1.54, 1.807) is 19.1 Å². The summed E-state index contributed by atoms with van der Waals surface area (Å²) in [6, 6.07) is 20.6. The monoisotopic (exact) mass is 500 g/mol. The molecule has 36 heavy (non-hydrogen) atoms. The van der Waals surface area contributed by atoms with Gasteiger partial charge in [0.05, 0.1) is 5.56 Å². The lowest BCUT2D eigenvalue weighted by Crippen LogP contribution is -2.39. The zero-order valence-corrected chi connectivity index (χ0v) is 21.0. The van der Waals surface area contributed by atoms with Crippen LogP contribution >= 0.6 is 12.2 Å². The van der Waals surface area contributed by atoms with E-state index in [0.29, 0.717) is 17.0 Å². The molecule has 0 spiro atoms. The highest BCUT2D eigenvalue weighted by Gasteiger charge is 2.17. The van der Waals surface area contributed by atoms with Crippen LogP contribution in [0.25, 0.3) is 5.57 Å². The van der Waals surface area contributed by atoms with Crippen LogP contribution < -0.4 is 21.1 Å². The third kappa shape index (κ3) is 5.55. The summed E-state index contributed by atoms with van der Waals surface area (Å²) in [6.07, 6.45) is 4.26. The average Bonchev–Trinajstić information content (AvgIpc) is 3.36. The molecule has 4 rings (SSSR count). The highest BCUT2D eigenvalue weighted by Crippen LogP contribution is 2.34. The summed E-state index contributed by atoms with van der Waals surface area (Å²) in [5, 5.41) is 12.3. The normalized spacial score (nSPS) is 12.7. The number of carboxylic acids is 1. The highest BCUT2D eigenvalue weighted by molar-refractivity contribution is 7.80. The van der Waals surface area contributed by atoms with Crippen LogP contribution in [0.3, 0.4) is 0 Å². The number of allylic oxidation sites excluding steroid dienone is 2. The molecule has 1 aliphatic carbocycles. The quantitative estimate of drug-likeness (QED) is 0.148. The van der Waals surface area contributed by atoms with Crippen LogP contribution in [-0.2, 0) is 17.6 Å². The number of para-hydroxylation sites is 1. The number of aldehydes is 1. The van der Waals surface area contributed by atoms with Gasteiger partial charge in [-0.2, -0.15) is 0 Å². The van der Waals surface area contributed by atoms with E-state index in [2.05, 4.69) is 39.3 Å². The average molecular weight is 501 g/mol. The molecule has 8 heteroatoms. The number of hydrogen-bond acceptors (Lipinski definition) is 5. The van der Waals surface area contributed by atoms with Crippen molar-refractivity contribution in [1.82, 2.24) is 10.9 Å². The first-order valence-electron chi connectivity index (χ1n) is 11.6. The molecule has 0 saturated carbocycles. The van der Waals surface area contributed by atoms with Crippen molar-refractivity contribution in [3.05, 3.63) is 94.7 Å². The third-order valence-electron chi connectivity index (χ3n) is 6.30. The van der Waals surface area contributed by atoms with Crippen molar-refractivity contribution in [3.8, 4) is 0 Å². The van der Waals surface area contributed by atoms with Crippen molar-refractivity contribution >= 4 is 52.2 Å². The molecular weight excluding hydrogens is 472 g/mol. The van der Waals surface area contributed by atoms with Gasteiger partial charge in [0.1, 0.15) is 0 Å². The molecule has 0 saturated heterocycles. The number of hydrazine groups is 1. The second-order valence-corrected chi connectivity index (χ2v) is 9.03. The molecule has 3 aromatic carbocycles. The first-order chi connectivity index (χ1) is 17.4. The Morgan fingerprint density at radius 1 is 1.00 bits per heavy atom. The van der Waals surface area contributed by atoms with E-state index in [-0.39, 0.29) is 10.7 Å². The number of hydrogen-bond donors (Lipinski definition) is 4. The number of benzene rings is 3. The maximum atomic E-state index is 12.2. The van der Waals surface area contributed by atoms with Gasteiger partial charge in [-0.1, -0.05) is 24.3 Å². The molecule has 0 heterocycles. The lowest BCUT2D eigenvalue weighted by molar-refractivity contribution is -0.103. The second kappa shape index (κ2) is 11.0. The summed E-state index contributed by atoms with van der Waals surface area (Å²) in [5.74, 6) is -0.992. The molecule has 0 radical (unpaired) electrons. The van der Waals surface area contributed by atoms with Gasteiger partial charge in [0, 0.05) is 40.9 Å². The maximum absolute atomic E-state index is 12.2. The molecule has 0 atom stereocenters. The van der Waals surface area contributed by atoms with Crippen LogP contribution in [0, 0.1) is 0 Å². The number of nitrogens with one attached hydrogen (secondary N) is 3. The molecule has 0 amide bonds. The first-order valence-corrected chi connectivity index (χ1v) is 12.1. The fourth-order valence-corrected chi connectivity index (χ4v) is 4.50. The predicted molar refractivity (Wildman–Crippen MR) is 148 cm³/mol. The van der Waals surface area contributed by atoms with Crippen LogP contribution in [0.15, 0.2) is 72.4 Å². The lowest BCUT2D eigenvalue weighted by atomic mass is 10.0. The highest BCUT2D eigenvalue weighted by atomic mass is 32.1. The van der Waals surface area contributed by atoms with Crippen molar-refractivity contribution in [2.24, 2.45) is 0 Å². The van der Waals surface area contributed by atoms with Crippen LogP contribution in [0.1, 0.15) is 40.4 Å². The Balaban J connectivity index is 1.50. The van der Waals surface area contributed by atoms with Crippen LogP contribution in [0.5, 0.6) is 0 Å². The number of aryl methyl sites for hydroxylation is 2. The number of aromatic carboxylic acids is 1. The molecular formula is C28H28N4O3S. The Labute approximate surface area is 215 Å². The Morgan fingerprint density at radius 2 is 1.72 bits per heavy atom. The number of carbonyl (C=O) groups excluding carboxylic acids is 1. The molecule has 0 aromatic heterocycles. The summed E-state index contributed by atoms with van der Waals surface area (Å²) < 4.78 is 0. The van der Waals surface area contributed by atoms with Crippen molar-refractivity contribution < 1.29 is 14.7 Å². The number of nitrogens with zero attached hydrogens (tertiary/aromatic N) is 1. The van der Waals surface area contributed by atoms with Gasteiger partial charge in [-0.15, -0.1) is 0 Å². The minimum atomic E-state index is -0.992. The summed E-state index contributed by atoms with van der Waals surface area (Å²) in [5.41, 5.74) is 13.4. The molecule has 1 aliphatic rings. The van der Waals surface area contributed by atoms with Gasteiger partial charge in [0.15, 0.2) is 11.4 Å². The van der Waals surface area contributed by atoms with E-state index >= 15 is 0 Å². The minimum Gasteiger partial charge on any atom is -0.478 e. The lowest BCUT2D eigenvalue weighted by Gasteiger charge is -2.24. The van der Waals surface area contributed by atoms with E-state index < -0.39 is 5.97 Å². The SMILES string of the molecule is C/C(NNC(=S)Nc1ccc(C(=O)O)cc1)=C(/C=O)c1ccccc1N(C)c1ccc2c(c1)CCC2. The fourth-order valence-electron chi connectivity index (χ4n) is 4.33. The zero-order valence-electron chi connectivity index (χ0n) is 20.2. The summed E-state index contributed by atoms with van der Waals surface area (Å²) >= 11 is 5.33. The minimum absolute atomic E-state index is 0.190. The first kappa shape index (κ1) is 24.9. The standard InChI is InChI=1S/C28H28N4O3S/c1-18(30-31-28(36)29-22-13-10-20(11-14-22)27(34)35)25(17-33)24-8-3-4-9-26(24)32(2)23-15-12-19-6-5-7-21(19)16-23/h3-4,8-17,30H,5-7H2,1-2H3,(H,34,35)(H2,29,31,36)/b25-18+. The van der Waals surface area contributed by atoms with Gasteiger partial charge in [-0.05, 0) is 92.0 Å². The maximum Gasteiger partial charge on any atom is 0.335 e. The summed E-state index contributed by atoms with van der Waals surface area (Å²) in [4.78, 5) is 25.3. The summed E-state index contributed by atoms with van der Waals surface area (Å²) in [7, 11) is 2.01. The molecule has 7 nitrogen and oxygen atoms in total. The van der Waals surface area contributed by atoms with Gasteiger partial charge < -0.3 is 20.7 Å². The third-order valence-corrected chi connectivity index (χ3v) is 6.50. The van der Waals surface area contributed by atoms with Gasteiger partial charge >= 0.3 is 5.97 Å². The molecule has 4 N–H and O–H groups in total. The molecule has 184 valence electrons. The van der Waals surface area contributed by atoms with Crippen LogP contribution in [0.4, 0.5) is 17.1 Å². The van der Waals surface area contributed by atoms with E-state index in [9.17, 15) is 9.59 Å². The smallest absolute Gasteiger partial charge is 0.335 e. The van der Waals surface area contributed by atoms with E-state index in [0.717, 1.165) is 36.1 Å². The second-order valence-electron chi connectivity index (χ2n) is 8.63. The van der Waals surface area contributed by atoms with E-state index in [1.165, 1.54) is 29.7 Å². The van der Waals surface area contributed by atoms with Crippen molar-refractivity contribution in [2.45, 2.75) is 26.2 Å². The van der Waals surface area contributed by atoms with Crippen molar-refractivity contribution in [3.63, 3.8) is 0 Å². The topological polar surface area (TPSA) is 93.7 Å². The number of rotatable bonds is 8. The number of carboxylic acid groups (broad SMARTS) is 1. The largest absolute Gasteiger partial charge is 0.478 e. The molecule has 0 aliphatic heterocycles. The van der Waals surface area contributed by atoms with Crippen LogP contribution in [-0.4, -0.2) is 29.5 Å². The van der Waals surface area contributed by atoms with Gasteiger partial charge in [-0.25, -0.2) is 4.79 Å². The number of anilines is 3. The Kier molecular flexibility index (Phi) is 7.65. The number of fused-ring (bicyclic) bond motifs is 1. The molecule has 0 unspecified atom stereocenters. The number of thiocarbonyl (C=S) groups is 1. The molecule has 0 fully saturated rings. The van der Waals surface area contributed by atoms with E-state index in [4.69, 9.17) is 17.3 Å². The zero-order chi connectivity index (χ0) is 25.7. The van der Waals surface area contributed by atoms with Gasteiger partial charge in [0.25, 0.3) is 0 Å². The Hall–Kier alpha value is -4.17. The van der Waals surface area contributed by atoms with Crippen molar-refractivity contribution in [2.75, 3.05) is 17.3 Å². The molecule has 3 aromatic rings. The van der Waals surface area contributed by atoms with Crippen LogP contribution in [0.2, 0.25) is 0 Å².